The average Bonchev–Trinajstić information content (AvgIpc) is 2.65. The topological polar surface area (TPSA) is 50.1 Å². The minimum atomic E-state index is -0.614. The van der Waals surface area contributed by atoms with Crippen molar-refractivity contribution in [3.05, 3.63) is 18.2 Å². The molecule has 4 nitrogen and oxygen atoms in total. The van der Waals surface area contributed by atoms with Crippen LogP contribution in [0.3, 0.4) is 0 Å². The first-order chi connectivity index (χ1) is 7.96. The predicted molar refractivity (Wildman–Crippen MR) is 69.9 cm³/mol. The maximum absolute atomic E-state index is 10.0. The lowest BCUT2D eigenvalue weighted by molar-refractivity contribution is 0.0496. The maximum atomic E-state index is 10.0. The molecule has 0 aromatic carbocycles. The minimum Gasteiger partial charge on any atom is -0.389 e. The number of hydrogen-bond acceptors (Lipinski definition) is 3. The quantitative estimate of drug-likeness (QED) is 0.766. The van der Waals surface area contributed by atoms with Gasteiger partial charge in [-0.2, -0.15) is 0 Å². The molecule has 17 heavy (non-hydrogen) atoms. The van der Waals surface area contributed by atoms with Gasteiger partial charge < -0.3 is 15.0 Å². The third kappa shape index (κ3) is 4.48. The molecule has 0 saturated heterocycles. The van der Waals surface area contributed by atoms with Gasteiger partial charge in [0.1, 0.15) is 0 Å². The molecule has 1 heterocycles. The smallest absolute Gasteiger partial charge is 0.0951 e. The highest BCUT2D eigenvalue weighted by Gasteiger charge is 2.18. The molecule has 4 heteroatoms. The maximum Gasteiger partial charge on any atom is 0.0951 e. The van der Waals surface area contributed by atoms with Crippen LogP contribution >= 0.6 is 0 Å². The summed E-state index contributed by atoms with van der Waals surface area (Å²) < 4.78 is 2.14. The van der Waals surface area contributed by atoms with Gasteiger partial charge in [-0.25, -0.2) is 4.98 Å². The van der Waals surface area contributed by atoms with Crippen molar-refractivity contribution in [3.63, 3.8) is 0 Å². The van der Waals surface area contributed by atoms with Crippen LogP contribution in [0.15, 0.2) is 12.5 Å². The summed E-state index contributed by atoms with van der Waals surface area (Å²) >= 11 is 0. The summed E-state index contributed by atoms with van der Waals surface area (Å²) in [7, 11) is 0. The fourth-order valence-corrected chi connectivity index (χ4v) is 2.02. The lowest BCUT2D eigenvalue weighted by Gasteiger charge is -2.23. The van der Waals surface area contributed by atoms with Crippen molar-refractivity contribution in [2.24, 2.45) is 0 Å². The molecule has 1 aromatic rings. The molecule has 0 aliphatic rings. The van der Waals surface area contributed by atoms with Gasteiger partial charge in [-0.1, -0.05) is 13.3 Å². The van der Waals surface area contributed by atoms with Crippen molar-refractivity contribution in [3.8, 4) is 0 Å². The molecule has 0 bridgehead atoms. The van der Waals surface area contributed by atoms with E-state index in [1.165, 1.54) is 0 Å². The molecular formula is C13H25N3O. The molecule has 0 spiro atoms. The number of nitrogens with one attached hydrogen (secondary N) is 1. The second kappa shape index (κ2) is 6.17. The van der Waals surface area contributed by atoms with Gasteiger partial charge in [0.15, 0.2) is 0 Å². The van der Waals surface area contributed by atoms with Crippen LogP contribution in [0.2, 0.25) is 0 Å². The lowest BCUT2D eigenvalue weighted by atomic mass is 10.0. The first-order valence-corrected chi connectivity index (χ1v) is 6.40. The van der Waals surface area contributed by atoms with Gasteiger partial charge in [0.2, 0.25) is 0 Å². The largest absolute Gasteiger partial charge is 0.389 e. The molecule has 1 unspecified atom stereocenters. The Balaban J connectivity index is 2.43. The van der Waals surface area contributed by atoms with Gasteiger partial charge in [0.25, 0.3) is 0 Å². The van der Waals surface area contributed by atoms with Crippen LogP contribution in [0.5, 0.6) is 0 Å². The monoisotopic (exact) mass is 239 g/mol. The zero-order chi connectivity index (χ0) is 12.9. The molecule has 0 fully saturated rings. The Morgan fingerprint density at radius 1 is 1.53 bits per heavy atom. The third-order valence-corrected chi connectivity index (χ3v) is 2.90. The highest BCUT2D eigenvalue weighted by atomic mass is 16.3. The SMILES string of the molecule is CCCC(C)(O)CNCc1cncn1C(C)C. The average molecular weight is 239 g/mol. The van der Waals surface area contributed by atoms with Gasteiger partial charge in [0.05, 0.1) is 17.6 Å². The van der Waals surface area contributed by atoms with E-state index in [-0.39, 0.29) is 0 Å². The first-order valence-electron chi connectivity index (χ1n) is 6.40. The summed E-state index contributed by atoms with van der Waals surface area (Å²) in [6.45, 7) is 9.60. The van der Waals surface area contributed by atoms with Crippen LogP contribution in [-0.2, 0) is 6.54 Å². The zero-order valence-electron chi connectivity index (χ0n) is 11.4. The van der Waals surface area contributed by atoms with Crippen molar-refractivity contribution in [2.75, 3.05) is 6.54 Å². The summed E-state index contributed by atoms with van der Waals surface area (Å²) in [4.78, 5) is 4.16. The van der Waals surface area contributed by atoms with Crippen molar-refractivity contribution in [1.82, 2.24) is 14.9 Å². The molecular weight excluding hydrogens is 214 g/mol. The second-order valence-electron chi connectivity index (χ2n) is 5.24. The van der Waals surface area contributed by atoms with Crippen molar-refractivity contribution < 1.29 is 5.11 Å². The van der Waals surface area contributed by atoms with Gasteiger partial charge >= 0.3 is 0 Å². The number of rotatable bonds is 7. The molecule has 0 aliphatic carbocycles. The molecule has 1 rings (SSSR count). The van der Waals surface area contributed by atoms with Crippen LogP contribution in [-0.4, -0.2) is 26.8 Å². The van der Waals surface area contributed by atoms with Crippen LogP contribution in [0.1, 0.15) is 52.3 Å². The molecule has 2 N–H and O–H groups in total. The molecule has 0 radical (unpaired) electrons. The molecule has 1 aromatic heterocycles. The Morgan fingerprint density at radius 3 is 2.82 bits per heavy atom. The van der Waals surface area contributed by atoms with E-state index in [1.54, 1.807) is 0 Å². The second-order valence-corrected chi connectivity index (χ2v) is 5.24. The van der Waals surface area contributed by atoms with Gasteiger partial charge in [-0.15, -0.1) is 0 Å². The van der Waals surface area contributed by atoms with Crippen LogP contribution in [0.4, 0.5) is 0 Å². The number of hydrogen-bond donors (Lipinski definition) is 2. The van der Waals surface area contributed by atoms with Crippen LogP contribution in [0, 0.1) is 0 Å². The van der Waals surface area contributed by atoms with Gasteiger partial charge in [-0.3, -0.25) is 0 Å². The number of aromatic nitrogens is 2. The summed E-state index contributed by atoms with van der Waals surface area (Å²) in [5, 5.41) is 13.3. The Hall–Kier alpha value is -0.870. The van der Waals surface area contributed by atoms with E-state index in [0.717, 1.165) is 25.1 Å². The molecule has 98 valence electrons. The van der Waals surface area contributed by atoms with Crippen LogP contribution in [0.25, 0.3) is 0 Å². The van der Waals surface area contributed by atoms with Crippen molar-refractivity contribution in [1.29, 1.82) is 0 Å². The Kier molecular flexibility index (Phi) is 5.15. The van der Waals surface area contributed by atoms with E-state index in [2.05, 4.69) is 35.6 Å². The lowest BCUT2D eigenvalue weighted by Crippen LogP contribution is -2.37. The fourth-order valence-electron chi connectivity index (χ4n) is 2.02. The summed E-state index contributed by atoms with van der Waals surface area (Å²) in [6, 6.07) is 0.422. The number of nitrogens with zero attached hydrogens (tertiary/aromatic N) is 2. The Bertz CT molecular complexity index is 331. The predicted octanol–water partition coefficient (Wildman–Crippen LogP) is 2.10. The van der Waals surface area contributed by atoms with Crippen molar-refractivity contribution in [2.45, 2.75) is 58.7 Å². The third-order valence-electron chi connectivity index (χ3n) is 2.90. The van der Waals surface area contributed by atoms with Gasteiger partial charge in [-0.05, 0) is 27.2 Å². The Labute approximate surface area is 104 Å². The standard InChI is InChI=1S/C13H25N3O/c1-5-6-13(4,17)9-14-7-12-8-15-10-16(12)11(2)3/h8,10-11,14,17H,5-7,9H2,1-4H3. The van der Waals surface area contributed by atoms with E-state index in [0.29, 0.717) is 12.6 Å². The van der Waals surface area contributed by atoms with E-state index >= 15 is 0 Å². The highest BCUT2D eigenvalue weighted by molar-refractivity contribution is 4.99. The van der Waals surface area contributed by atoms with E-state index in [4.69, 9.17) is 0 Å². The summed E-state index contributed by atoms with van der Waals surface area (Å²) in [5.74, 6) is 0. The number of aliphatic hydroxyl groups is 1. The Morgan fingerprint density at radius 2 is 2.24 bits per heavy atom. The fraction of sp³-hybridized carbons (Fsp3) is 0.769. The van der Waals surface area contributed by atoms with Crippen molar-refractivity contribution >= 4 is 0 Å². The molecule has 0 amide bonds. The van der Waals surface area contributed by atoms with Crippen LogP contribution < -0.4 is 5.32 Å². The van der Waals surface area contributed by atoms with Gasteiger partial charge in [0, 0.05) is 25.3 Å². The summed E-state index contributed by atoms with van der Waals surface area (Å²) in [5.41, 5.74) is 0.546. The zero-order valence-corrected chi connectivity index (χ0v) is 11.4. The number of imidazole rings is 1. The summed E-state index contributed by atoms with van der Waals surface area (Å²) in [6.07, 6.45) is 5.55. The molecule has 0 aliphatic heterocycles. The normalized spacial score (nSPS) is 15.2. The molecule has 0 saturated carbocycles. The molecule has 1 atom stereocenters. The van der Waals surface area contributed by atoms with E-state index < -0.39 is 5.60 Å². The van der Waals surface area contributed by atoms with E-state index in [1.807, 2.05) is 19.4 Å². The highest BCUT2D eigenvalue weighted by Crippen LogP contribution is 2.11. The minimum absolute atomic E-state index is 0.422. The van der Waals surface area contributed by atoms with E-state index in [9.17, 15) is 5.11 Å². The first kappa shape index (κ1) is 14.2.